The first kappa shape index (κ1) is 79.2. The Morgan fingerprint density at radius 3 is 0.740 bits per heavy atom. The number of hydrogen-bond donors (Lipinski definition) is 0. The van der Waals surface area contributed by atoms with Gasteiger partial charge in [-0.15, -0.1) is 0 Å². The van der Waals surface area contributed by atoms with Crippen LogP contribution in [0.2, 0.25) is 0 Å². The van der Waals surface area contributed by atoms with Crippen LogP contribution in [-0.2, 0) is 0 Å². The van der Waals surface area contributed by atoms with Crippen molar-refractivity contribution in [1.82, 2.24) is 0 Å². The number of para-hydroxylation sites is 4. The molecule has 0 saturated heterocycles. The summed E-state index contributed by atoms with van der Waals surface area (Å²) in [5.74, 6) is 0. The summed E-state index contributed by atoms with van der Waals surface area (Å²) in [6.07, 6.45) is 0. The first-order valence-electron chi connectivity index (χ1n) is 41.6. The summed E-state index contributed by atoms with van der Waals surface area (Å²) in [6.45, 7) is 0. The maximum atomic E-state index is 9.24. The van der Waals surface area contributed by atoms with E-state index in [-0.39, 0.29) is 0 Å². The average molecular weight is 1580 g/mol. The summed E-state index contributed by atoms with van der Waals surface area (Å²) in [4.78, 5) is 13.5. The molecule has 0 N–H and O–H groups in total. The molecule has 7 nitrogen and oxygen atoms in total. The van der Waals surface area contributed by atoms with Gasteiger partial charge in [-0.3, -0.25) is 0 Å². The van der Waals surface area contributed by atoms with E-state index >= 15 is 0 Å². The molecule has 0 spiro atoms. The van der Waals surface area contributed by atoms with Gasteiger partial charge >= 0.3 is 0 Å². The average Bonchev–Trinajstić information content (AvgIpc) is 0.801. The Morgan fingerprint density at radius 1 is 0.163 bits per heavy atom. The zero-order chi connectivity index (χ0) is 83.5. The van der Waals surface area contributed by atoms with Crippen molar-refractivity contribution in [3.05, 3.63) is 503 Å². The fourth-order valence-corrected chi connectivity index (χ4v) is 15.8. The van der Waals surface area contributed by atoms with E-state index in [1.165, 1.54) is 77.8 Å². The number of nitriles is 1. The molecule has 0 amide bonds. The maximum Gasteiger partial charge on any atom is 0.0992 e. The second kappa shape index (κ2) is 38.0. The smallest absolute Gasteiger partial charge is 0.0992 e. The lowest BCUT2D eigenvalue weighted by atomic mass is 10.0. The van der Waals surface area contributed by atoms with Gasteiger partial charge in [0.05, 0.1) is 11.6 Å². The van der Waals surface area contributed by atoms with Crippen LogP contribution < -0.4 is 29.4 Å². The third-order valence-corrected chi connectivity index (χ3v) is 22.5. The summed E-state index contributed by atoms with van der Waals surface area (Å²) in [5, 5.41) is 11.7. The van der Waals surface area contributed by atoms with E-state index < -0.39 is 0 Å². The molecule has 19 aromatic carbocycles. The van der Waals surface area contributed by atoms with E-state index in [0.717, 1.165) is 85.1 Å². The Balaban J connectivity index is 0.000000131. The second-order valence-corrected chi connectivity index (χ2v) is 30.2. The fourth-order valence-electron chi connectivity index (χ4n) is 15.8. The summed E-state index contributed by atoms with van der Waals surface area (Å²) in [7, 11) is 6.26. The van der Waals surface area contributed by atoms with Crippen molar-refractivity contribution >= 4 is 96.1 Å². The predicted octanol–water partition coefficient (Wildman–Crippen LogP) is 31.8. The summed E-state index contributed by atoms with van der Waals surface area (Å²) < 4.78 is 0. The third kappa shape index (κ3) is 18.7. The van der Waals surface area contributed by atoms with Crippen molar-refractivity contribution in [3.63, 3.8) is 0 Å². The highest BCUT2D eigenvalue weighted by Gasteiger charge is 2.19. The number of nitrogens with zero attached hydrogens (tertiary/aromatic N) is 7. The molecular formula is C116H91N7. The van der Waals surface area contributed by atoms with E-state index in [9.17, 15) is 5.26 Å². The summed E-state index contributed by atoms with van der Waals surface area (Å²) >= 11 is 0. The maximum absolute atomic E-state index is 9.24. The molecule has 0 radical (unpaired) electrons. The summed E-state index contributed by atoms with van der Waals surface area (Å²) in [6, 6.07) is 177. The van der Waals surface area contributed by atoms with Crippen molar-refractivity contribution in [2.75, 3.05) is 50.5 Å². The van der Waals surface area contributed by atoms with Crippen LogP contribution in [0, 0.1) is 11.3 Å². The number of rotatable bonds is 21. The minimum absolute atomic E-state index is 0.655. The molecule has 19 rings (SSSR count). The van der Waals surface area contributed by atoms with Gasteiger partial charge in [-0.25, -0.2) is 0 Å². The number of fused-ring (bicyclic) bond motifs is 1. The van der Waals surface area contributed by atoms with Crippen LogP contribution in [0.3, 0.4) is 0 Å². The first-order chi connectivity index (χ1) is 60.7. The molecule has 19 aromatic rings. The normalized spacial score (nSPS) is 10.7. The minimum Gasteiger partial charge on any atom is -0.345 e. The van der Waals surface area contributed by atoms with Crippen LogP contribution in [-0.4, -0.2) is 21.1 Å². The predicted molar refractivity (Wildman–Crippen MR) is 522 cm³/mol. The molecule has 0 bridgehead atoms. The van der Waals surface area contributed by atoms with Crippen LogP contribution in [0.1, 0.15) is 5.56 Å². The van der Waals surface area contributed by atoms with Crippen LogP contribution in [0.4, 0.5) is 85.3 Å². The van der Waals surface area contributed by atoms with Gasteiger partial charge < -0.3 is 29.4 Å². The van der Waals surface area contributed by atoms with Gasteiger partial charge in [0.25, 0.3) is 0 Å². The lowest BCUT2D eigenvalue weighted by Gasteiger charge is -2.26. The van der Waals surface area contributed by atoms with Gasteiger partial charge in [-0.2, -0.15) is 5.26 Å². The second-order valence-electron chi connectivity index (χ2n) is 30.2. The monoisotopic (exact) mass is 1580 g/mol. The van der Waals surface area contributed by atoms with E-state index in [1.807, 2.05) is 49.5 Å². The zero-order valence-corrected chi connectivity index (χ0v) is 69.0. The number of anilines is 15. The quantitative estimate of drug-likeness (QED) is 0.0710. The highest BCUT2D eigenvalue weighted by Crippen LogP contribution is 2.43. The Bertz CT molecular complexity index is 6650. The van der Waals surface area contributed by atoms with Crippen molar-refractivity contribution in [1.29, 1.82) is 5.26 Å². The molecule has 0 aromatic heterocycles. The van der Waals surface area contributed by atoms with E-state index in [0.29, 0.717) is 5.56 Å². The topological polar surface area (TPSA) is 43.2 Å². The molecule has 0 aliphatic rings. The van der Waals surface area contributed by atoms with Gasteiger partial charge in [0.1, 0.15) is 0 Å². The summed E-state index contributed by atoms with van der Waals surface area (Å²) in [5.41, 5.74) is 31.8. The Morgan fingerprint density at radius 2 is 0.382 bits per heavy atom. The van der Waals surface area contributed by atoms with E-state index in [2.05, 4.69) is 505 Å². The van der Waals surface area contributed by atoms with Gasteiger partial charge in [-0.1, -0.05) is 315 Å². The van der Waals surface area contributed by atoms with Crippen molar-refractivity contribution in [2.45, 2.75) is 0 Å². The van der Waals surface area contributed by atoms with Crippen LogP contribution in [0.25, 0.3) is 77.5 Å². The highest BCUT2D eigenvalue weighted by molar-refractivity contribution is 5.96. The molecule has 7 heteroatoms. The molecule has 123 heavy (non-hydrogen) atoms. The molecule has 590 valence electrons. The Labute approximate surface area is 723 Å². The molecule has 0 fully saturated rings. The Hall–Kier alpha value is -16.3. The third-order valence-electron chi connectivity index (χ3n) is 22.5. The largest absolute Gasteiger partial charge is 0.345 e. The molecule has 0 aliphatic heterocycles. The minimum atomic E-state index is 0.655. The lowest BCUT2D eigenvalue weighted by molar-refractivity contribution is 1.21. The van der Waals surface area contributed by atoms with Gasteiger partial charge in [-0.05, 0) is 254 Å². The zero-order valence-electron chi connectivity index (χ0n) is 69.0. The van der Waals surface area contributed by atoms with Gasteiger partial charge in [0.15, 0.2) is 0 Å². The Kier molecular flexibility index (Phi) is 24.5. The molecule has 0 atom stereocenters. The number of benzene rings is 19. The van der Waals surface area contributed by atoms with Gasteiger partial charge in [0.2, 0.25) is 0 Å². The first-order valence-corrected chi connectivity index (χ1v) is 41.6. The van der Waals surface area contributed by atoms with Crippen molar-refractivity contribution in [2.24, 2.45) is 0 Å². The number of hydrogen-bond acceptors (Lipinski definition) is 7. The van der Waals surface area contributed by atoms with Crippen molar-refractivity contribution in [3.8, 4) is 72.8 Å². The molecular weight excluding hydrogens is 1490 g/mol. The molecule has 0 aliphatic carbocycles. The van der Waals surface area contributed by atoms with Crippen LogP contribution in [0.5, 0.6) is 0 Å². The molecule has 0 unspecified atom stereocenters. The van der Waals surface area contributed by atoms with E-state index in [4.69, 9.17) is 0 Å². The van der Waals surface area contributed by atoms with Crippen molar-refractivity contribution < 1.29 is 0 Å². The fraction of sp³-hybridized carbons (Fsp3) is 0.0259. The van der Waals surface area contributed by atoms with Crippen LogP contribution >= 0.6 is 0 Å². The molecule has 0 heterocycles. The van der Waals surface area contributed by atoms with Crippen LogP contribution in [0.15, 0.2) is 497 Å². The lowest BCUT2D eigenvalue weighted by Crippen LogP contribution is -2.10. The SMILES string of the molecule is CN(c1ccc(-c2ccc(N(c3ccccc3)c3ccc(-c4ccccc4)cc3)cc2)cc1)c1cccc(C#N)c1.CN(c1ccc(-c2ccc(N(c3ccccc3)c3cccc(-c4ccccc4)c3)cc2)cc1)c1cccc2ccccc12.CN(c1ccccc1)c1ccc(-c2ccc(N(c3ccccc3)c3cccc(-c4ccccc4)c3)cc2)cc1. The van der Waals surface area contributed by atoms with Gasteiger partial charge in [0, 0.05) is 112 Å². The highest BCUT2D eigenvalue weighted by atomic mass is 15.2. The van der Waals surface area contributed by atoms with E-state index in [1.54, 1.807) is 0 Å². The molecule has 0 saturated carbocycles. The standard InChI is InChI=1S/C41H32N2.C38H29N3.C37H30N2/c1-42(41-21-11-15-34-14-8-9-20-40(34)41)36-26-22-32(23-27-36)33-24-28-38(29-25-33)43(37-17-6-3-7-18-37)39-19-10-16-35(30-39)31-12-4-2-5-13-31;1-40(38-14-8-9-29(27-38)28-39)34-21-15-32(16-22-34)33-19-25-37(26-20-33)41(35-12-6-3-7-13-35)36-23-17-31(18-24-36)30-10-4-2-5-11-30;1-38(33-15-7-3-8-16-33)34-24-20-30(21-25-34)31-22-26-36(27-23-31)39(35-17-9-4-10-18-35)37-19-11-14-32(28-37)29-12-5-2-6-13-29/h2-30H,1H3;2-27H,1H3;2-28H,1H3.